The summed E-state index contributed by atoms with van der Waals surface area (Å²) in [5.41, 5.74) is 1.02. The fraction of sp³-hybridized carbons (Fsp3) is 0.294. The maximum Gasteiger partial charge on any atom is 0.151 e. The summed E-state index contributed by atoms with van der Waals surface area (Å²) in [6, 6.07) is 16.1. The molecule has 1 N–H and O–H groups in total. The smallest absolute Gasteiger partial charge is 0.151 e. The molecule has 3 nitrogen and oxygen atoms in total. The molecule has 0 aromatic heterocycles. The van der Waals surface area contributed by atoms with Gasteiger partial charge in [-0.1, -0.05) is 36.4 Å². The van der Waals surface area contributed by atoms with Crippen molar-refractivity contribution < 1.29 is 13.9 Å². The molecule has 0 bridgehead atoms. The summed E-state index contributed by atoms with van der Waals surface area (Å²) in [7, 11) is 0. The summed E-state index contributed by atoms with van der Waals surface area (Å²) in [4.78, 5) is 0. The van der Waals surface area contributed by atoms with Gasteiger partial charge in [0.25, 0.3) is 0 Å². The van der Waals surface area contributed by atoms with E-state index < -0.39 is 0 Å². The Bertz CT molecular complexity index is 570. The van der Waals surface area contributed by atoms with Crippen LogP contribution in [0.5, 0.6) is 5.75 Å². The fourth-order valence-electron chi connectivity index (χ4n) is 2.47. The minimum atomic E-state index is -0.304. The van der Waals surface area contributed by atoms with Crippen molar-refractivity contribution in [1.82, 2.24) is 5.32 Å². The van der Waals surface area contributed by atoms with E-state index >= 15 is 0 Å². The molecule has 1 heterocycles. The van der Waals surface area contributed by atoms with Gasteiger partial charge in [0.1, 0.15) is 17.7 Å². The van der Waals surface area contributed by atoms with Crippen LogP contribution < -0.4 is 10.1 Å². The van der Waals surface area contributed by atoms with Gasteiger partial charge in [-0.15, -0.1) is 0 Å². The van der Waals surface area contributed by atoms with Crippen molar-refractivity contribution in [2.24, 2.45) is 0 Å². The third-order valence-corrected chi connectivity index (χ3v) is 3.48. The molecule has 4 heteroatoms. The van der Waals surface area contributed by atoms with E-state index in [0.717, 1.165) is 18.7 Å². The van der Waals surface area contributed by atoms with Crippen LogP contribution in [-0.4, -0.2) is 25.8 Å². The van der Waals surface area contributed by atoms with Gasteiger partial charge in [0.2, 0.25) is 0 Å². The summed E-state index contributed by atoms with van der Waals surface area (Å²) in [5.74, 6) is 0.208. The third-order valence-electron chi connectivity index (χ3n) is 3.48. The van der Waals surface area contributed by atoms with Crippen molar-refractivity contribution in [2.75, 3.05) is 19.7 Å². The summed E-state index contributed by atoms with van der Waals surface area (Å²) in [6.07, 6.45) is -0.356. The van der Waals surface area contributed by atoms with E-state index in [1.54, 1.807) is 12.1 Å². The van der Waals surface area contributed by atoms with Crippen LogP contribution in [-0.2, 0) is 4.74 Å². The van der Waals surface area contributed by atoms with Gasteiger partial charge in [0, 0.05) is 19.2 Å². The van der Waals surface area contributed by atoms with Crippen LogP contribution in [0.15, 0.2) is 54.6 Å². The van der Waals surface area contributed by atoms with Gasteiger partial charge in [0.15, 0.2) is 6.10 Å². The first-order valence-electron chi connectivity index (χ1n) is 7.12. The molecule has 0 aliphatic carbocycles. The highest BCUT2D eigenvalue weighted by atomic mass is 19.1. The number of rotatable bonds is 4. The highest BCUT2D eigenvalue weighted by molar-refractivity contribution is 5.26. The van der Waals surface area contributed by atoms with E-state index in [2.05, 4.69) is 5.32 Å². The van der Waals surface area contributed by atoms with Crippen LogP contribution in [0.25, 0.3) is 0 Å². The lowest BCUT2D eigenvalue weighted by atomic mass is 10.0. The number of morpholine rings is 1. The lowest BCUT2D eigenvalue weighted by Gasteiger charge is -2.31. The van der Waals surface area contributed by atoms with Gasteiger partial charge < -0.3 is 14.8 Å². The quantitative estimate of drug-likeness (QED) is 0.938. The van der Waals surface area contributed by atoms with Crippen molar-refractivity contribution in [3.05, 3.63) is 66.0 Å². The Hall–Kier alpha value is -1.91. The average molecular weight is 287 g/mol. The molecule has 2 aromatic rings. The van der Waals surface area contributed by atoms with E-state index in [0.29, 0.717) is 12.4 Å². The van der Waals surface area contributed by atoms with Crippen molar-refractivity contribution in [1.29, 1.82) is 0 Å². The zero-order valence-electron chi connectivity index (χ0n) is 11.7. The van der Waals surface area contributed by atoms with Crippen LogP contribution in [0.4, 0.5) is 4.39 Å². The summed E-state index contributed by atoms with van der Waals surface area (Å²) in [5, 5.41) is 3.30. The fourth-order valence-corrected chi connectivity index (χ4v) is 2.47. The van der Waals surface area contributed by atoms with Gasteiger partial charge >= 0.3 is 0 Å². The topological polar surface area (TPSA) is 30.5 Å². The molecule has 3 rings (SSSR count). The first-order chi connectivity index (χ1) is 10.3. The van der Waals surface area contributed by atoms with Crippen molar-refractivity contribution >= 4 is 0 Å². The Morgan fingerprint density at radius 2 is 2.00 bits per heavy atom. The van der Waals surface area contributed by atoms with Crippen LogP contribution in [0.2, 0.25) is 0 Å². The Kier molecular flexibility index (Phi) is 4.48. The molecule has 1 aliphatic rings. The Balaban J connectivity index is 1.85. The van der Waals surface area contributed by atoms with Crippen LogP contribution in [0.1, 0.15) is 11.7 Å². The first kappa shape index (κ1) is 14.0. The number of halogens is 1. The largest absolute Gasteiger partial charge is 0.483 e. The molecule has 0 spiro atoms. The first-order valence-corrected chi connectivity index (χ1v) is 7.12. The van der Waals surface area contributed by atoms with Crippen LogP contribution >= 0.6 is 0 Å². The van der Waals surface area contributed by atoms with Gasteiger partial charge in [-0.2, -0.15) is 0 Å². The monoisotopic (exact) mass is 287 g/mol. The van der Waals surface area contributed by atoms with E-state index in [9.17, 15) is 4.39 Å². The predicted octanol–water partition coefficient (Wildman–Crippen LogP) is 2.93. The average Bonchev–Trinajstić information content (AvgIpc) is 2.54. The van der Waals surface area contributed by atoms with Gasteiger partial charge in [-0.25, -0.2) is 4.39 Å². The van der Waals surface area contributed by atoms with Crippen LogP contribution in [0.3, 0.4) is 0 Å². The minimum absolute atomic E-state index is 0.0931. The zero-order chi connectivity index (χ0) is 14.5. The molecule has 2 atom stereocenters. The second-order valence-corrected chi connectivity index (χ2v) is 5.02. The third kappa shape index (κ3) is 3.60. The standard InChI is InChI=1S/C17H18FNO2/c18-14-7-4-8-15(11-14)21-17(13-5-2-1-3-6-13)16-12-19-9-10-20-16/h1-8,11,16-17,19H,9-10,12H2. The summed E-state index contributed by atoms with van der Waals surface area (Å²) in [6.45, 7) is 2.22. The molecule has 2 aromatic carbocycles. The Labute approximate surface area is 123 Å². The lowest BCUT2D eigenvalue weighted by molar-refractivity contribution is -0.0433. The van der Waals surface area contributed by atoms with Gasteiger partial charge in [0.05, 0.1) is 6.61 Å². The number of benzene rings is 2. The minimum Gasteiger partial charge on any atom is -0.483 e. The molecule has 2 unspecified atom stereocenters. The van der Waals surface area contributed by atoms with Gasteiger partial charge in [-0.05, 0) is 17.7 Å². The molecule has 1 aliphatic heterocycles. The molecule has 110 valence electrons. The Morgan fingerprint density at radius 1 is 1.14 bits per heavy atom. The highest BCUT2D eigenvalue weighted by Crippen LogP contribution is 2.27. The predicted molar refractivity (Wildman–Crippen MR) is 78.8 cm³/mol. The molecular weight excluding hydrogens is 269 g/mol. The lowest BCUT2D eigenvalue weighted by Crippen LogP contribution is -2.43. The normalized spacial score (nSPS) is 20.0. The number of hydrogen-bond donors (Lipinski definition) is 1. The highest BCUT2D eigenvalue weighted by Gasteiger charge is 2.27. The van der Waals surface area contributed by atoms with Crippen molar-refractivity contribution in [3.8, 4) is 5.75 Å². The zero-order valence-corrected chi connectivity index (χ0v) is 11.7. The molecule has 1 saturated heterocycles. The molecular formula is C17H18FNO2. The molecule has 21 heavy (non-hydrogen) atoms. The molecule has 0 amide bonds. The molecule has 1 fully saturated rings. The van der Waals surface area contributed by atoms with E-state index in [1.165, 1.54) is 12.1 Å². The second-order valence-electron chi connectivity index (χ2n) is 5.02. The van der Waals surface area contributed by atoms with Crippen molar-refractivity contribution in [3.63, 3.8) is 0 Å². The molecule has 0 radical (unpaired) electrons. The number of ether oxygens (including phenoxy) is 2. The van der Waals surface area contributed by atoms with E-state index in [4.69, 9.17) is 9.47 Å². The Morgan fingerprint density at radius 3 is 2.71 bits per heavy atom. The maximum atomic E-state index is 13.3. The maximum absolute atomic E-state index is 13.3. The second kappa shape index (κ2) is 6.70. The summed E-state index contributed by atoms with van der Waals surface area (Å²) < 4.78 is 25.2. The van der Waals surface area contributed by atoms with Crippen LogP contribution in [0, 0.1) is 5.82 Å². The van der Waals surface area contributed by atoms with E-state index in [-0.39, 0.29) is 18.0 Å². The number of hydrogen-bond acceptors (Lipinski definition) is 3. The number of nitrogens with one attached hydrogen (secondary N) is 1. The SMILES string of the molecule is Fc1cccc(OC(c2ccccc2)C2CNCCO2)c1. The molecule has 0 saturated carbocycles. The summed E-state index contributed by atoms with van der Waals surface area (Å²) >= 11 is 0. The van der Waals surface area contributed by atoms with Gasteiger partial charge in [-0.3, -0.25) is 0 Å². The van der Waals surface area contributed by atoms with E-state index in [1.807, 2.05) is 30.3 Å². The van der Waals surface area contributed by atoms with Crippen molar-refractivity contribution in [2.45, 2.75) is 12.2 Å².